The Morgan fingerprint density at radius 3 is 2.67 bits per heavy atom. The van der Waals surface area contributed by atoms with Crippen LogP contribution >= 0.6 is 0 Å². The summed E-state index contributed by atoms with van der Waals surface area (Å²) in [5.74, 6) is -2.67. The van der Waals surface area contributed by atoms with Crippen molar-refractivity contribution in [3.05, 3.63) is 46.8 Å². The molecule has 0 spiro atoms. The maximum absolute atomic E-state index is 13.8. The first-order valence-electron chi connectivity index (χ1n) is 6.23. The van der Waals surface area contributed by atoms with Gasteiger partial charge in [-0.3, -0.25) is 9.48 Å². The molecule has 1 amide bonds. The number of amides is 1. The number of benzene rings is 1. The van der Waals surface area contributed by atoms with Crippen molar-refractivity contribution in [2.45, 2.75) is 13.5 Å². The molecular weight excluding hydrogens is 280 g/mol. The van der Waals surface area contributed by atoms with Gasteiger partial charge in [-0.1, -0.05) is 6.07 Å². The number of halogens is 2. The van der Waals surface area contributed by atoms with Crippen LogP contribution < -0.4 is 10.1 Å². The topological polar surface area (TPSA) is 56.1 Å². The molecule has 0 fully saturated rings. The molecule has 7 heteroatoms. The van der Waals surface area contributed by atoms with Crippen molar-refractivity contribution < 1.29 is 18.3 Å². The second-order valence-electron chi connectivity index (χ2n) is 4.54. The van der Waals surface area contributed by atoms with Crippen LogP contribution in [0.5, 0.6) is 5.75 Å². The van der Waals surface area contributed by atoms with Crippen LogP contribution in [0.3, 0.4) is 0 Å². The van der Waals surface area contributed by atoms with Crippen LogP contribution in [-0.2, 0) is 13.6 Å². The molecule has 2 rings (SSSR count). The smallest absolute Gasteiger partial charge is 0.255 e. The molecule has 1 aromatic carbocycles. The molecule has 1 heterocycles. The van der Waals surface area contributed by atoms with Gasteiger partial charge in [-0.25, -0.2) is 4.39 Å². The van der Waals surface area contributed by atoms with Crippen molar-refractivity contribution in [2.75, 3.05) is 7.11 Å². The van der Waals surface area contributed by atoms with Crippen molar-refractivity contribution in [1.29, 1.82) is 0 Å². The van der Waals surface area contributed by atoms with Crippen LogP contribution in [0.25, 0.3) is 0 Å². The van der Waals surface area contributed by atoms with E-state index in [2.05, 4.69) is 15.2 Å². The van der Waals surface area contributed by atoms with Gasteiger partial charge in [-0.05, 0) is 13.0 Å². The third-order valence-electron chi connectivity index (χ3n) is 3.04. The van der Waals surface area contributed by atoms with Gasteiger partial charge in [-0.15, -0.1) is 0 Å². The third-order valence-corrected chi connectivity index (χ3v) is 3.04. The summed E-state index contributed by atoms with van der Waals surface area (Å²) in [6.07, 6.45) is 1.57. The Labute approximate surface area is 120 Å². The number of carbonyl (C=O) groups is 1. The average molecular weight is 295 g/mol. The van der Waals surface area contributed by atoms with Crippen molar-refractivity contribution in [3.8, 4) is 5.75 Å². The zero-order chi connectivity index (χ0) is 15.6. The van der Waals surface area contributed by atoms with Gasteiger partial charge in [0.15, 0.2) is 11.6 Å². The Morgan fingerprint density at radius 2 is 2.10 bits per heavy atom. The van der Waals surface area contributed by atoms with E-state index >= 15 is 0 Å². The number of nitrogens with one attached hydrogen (secondary N) is 1. The number of methoxy groups -OCH3 is 1. The standard InChI is InChI=1S/C14H15F2N3O2/c1-8-10(7-19(2)18-8)14(20)17-6-9-4-5-11(21-3)13(16)12(9)15/h4-5,7H,6H2,1-3H3,(H,17,20). The summed E-state index contributed by atoms with van der Waals surface area (Å²) in [5.41, 5.74) is 1.01. The second kappa shape index (κ2) is 5.90. The Bertz CT molecular complexity index is 683. The Morgan fingerprint density at radius 1 is 1.38 bits per heavy atom. The highest BCUT2D eigenvalue weighted by Crippen LogP contribution is 2.22. The van der Waals surface area contributed by atoms with Crippen LogP contribution in [0.15, 0.2) is 18.3 Å². The zero-order valence-corrected chi connectivity index (χ0v) is 11.9. The van der Waals surface area contributed by atoms with E-state index in [1.807, 2.05) is 0 Å². The van der Waals surface area contributed by atoms with E-state index in [0.717, 1.165) is 0 Å². The lowest BCUT2D eigenvalue weighted by atomic mass is 10.1. The average Bonchev–Trinajstić information content (AvgIpc) is 2.79. The van der Waals surface area contributed by atoms with Crippen LogP contribution in [0.4, 0.5) is 8.78 Å². The number of carbonyl (C=O) groups excluding carboxylic acids is 1. The zero-order valence-electron chi connectivity index (χ0n) is 11.9. The largest absolute Gasteiger partial charge is 0.494 e. The fourth-order valence-electron chi connectivity index (χ4n) is 1.96. The first-order valence-corrected chi connectivity index (χ1v) is 6.23. The first-order chi connectivity index (χ1) is 9.93. The van der Waals surface area contributed by atoms with E-state index in [9.17, 15) is 13.6 Å². The summed E-state index contributed by atoms with van der Waals surface area (Å²) in [7, 11) is 2.95. The first kappa shape index (κ1) is 15.0. The van der Waals surface area contributed by atoms with E-state index in [0.29, 0.717) is 11.3 Å². The summed E-state index contributed by atoms with van der Waals surface area (Å²) >= 11 is 0. The fraction of sp³-hybridized carbons (Fsp3) is 0.286. The highest BCUT2D eigenvalue weighted by molar-refractivity contribution is 5.94. The molecule has 0 saturated carbocycles. The fourth-order valence-corrected chi connectivity index (χ4v) is 1.96. The molecular formula is C14H15F2N3O2. The van der Waals surface area contributed by atoms with Crippen LogP contribution in [-0.4, -0.2) is 22.8 Å². The van der Waals surface area contributed by atoms with E-state index in [4.69, 9.17) is 0 Å². The van der Waals surface area contributed by atoms with Gasteiger partial charge in [0.25, 0.3) is 5.91 Å². The summed E-state index contributed by atoms with van der Waals surface area (Å²) in [5, 5.41) is 6.58. The number of nitrogens with zero attached hydrogens (tertiary/aromatic N) is 2. The van der Waals surface area contributed by atoms with Gasteiger partial charge >= 0.3 is 0 Å². The molecule has 112 valence electrons. The minimum Gasteiger partial charge on any atom is -0.494 e. The maximum Gasteiger partial charge on any atom is 0.255 e. The molecule has 0 radical (unpaired) electrons. The number of rotatable bonds is 4. The van der Waals surface area contributed by atoms with Crippen LogP contribution in [0.2, 0.25) is 0 Å². The number of aryl methyl sites for hydroxylation is 2. The van der Waals surface area contributed by atoms with E-state index in [1.165, 1.54) is 23.9 Å². The molecule has 0 unspecified atom stereocenters. The Hall–Kier alpha value is -2.44. The van der Waals surface area contributed by atoms with Gasteiger partial charge in [0, 0.05) is 25.4 Å². The number of aromatic nitrogens is 2. The summed E-state index contributed by atoms with van der Waals surface area (Å²) in [4.78, 5) is 12.0. The van der Waals surface area contributed by atoms with Gasteiger partial charge in [-0.2, -0.15) is 9.49 Å². The van der Waals surface area contributed by atoms with Crippen LogP contribution in [0.1, 0.15) is 21.6 Å². The molecule has 0 atom stereocenters. The third kappa shape index (κ3) is 3.01. The minimum absolute atomic E-state index is 0.0446. The molecule has 0 saturated heterocycles. The lowest BCUT2D eigenvalue weighted by Crippen LogP contribution is -2.23. The van der Waals surface area contributed by atoms with Crippen molar-refractivity contribution >= 4 is 5.91 Å². The molecule has 0 aliphatic rings. The number of ether oxygens (including phenoxy) is 1. The molecule has 1 N–H and O–H groups in total. The normalized spacial score (nSPS) is 10.5. The van der Waals surface area contributed by atoms with Gasteiger partial charge in [0.05, 0.1) is 18.4 Å². The predicted octanol–water partition coefficient (Wildman–Crippen LogP) is 1.95. The highest BCUT2D eigenvalue weighted by atomic mass is 19.2. The van der Waals surface area contributed by atoms with E-state index in [-0.39, 0.29) is 17.9 Å². The monoisotopic (exact) mass is 295 g/mol. The second-order valence-corrected chi connectivity index (χ2v) is 4.54. The Kier molecular flexibility index (Phi) is 4.21. The van der Waals surface area contributed by atoms with Gasteiger partial charge in [0.1, 0.15) is 0 Å². The molecule has 2 aromatic rings. The molecule has 1 aromatic heterocycles. The van der Waals surface area contributed by atoms with Gasteiger partial charge < -0.3 is 10.1 Å². The van der Waals surface area contributed by atoms with E-state index < -0.39 is 17.5 Å². The van der Waals surface area contributed by atoms with Crippen LogP contribution in [0, 0.1) is 18.6 Å². The van der Waals surface area contributed by atoms with Gasteiger partial charge in [0.2, 0.25) is 5.82 Å². The van der Waals surface area contributed by atoms with Crippen molar-refractivity contribution in [3.63, 3.8) is 0 Å². The summed E-state index contributed by atoms with van der Waals surface area (Å²) < 4.78 is 33.5. The quantitative estimate of drug-likeness (QED) is 0.938. The molecule has 5 nitrogen and oxygen atoms in total. The predicted molar refractivity (Wildman–Crippen MR) is 72.0 cm³/mol. The summed E-state index contributed by atoms with van der Waals surface area (Å²) in [6.45, 7) is 1.57. The SMILES string of the molecule is COc1ccc(CNC(=O)c2cn(C)nc2C)c(F)c1F. The molecule has 0 aliphatic carbocycles. The van der Waals surface area contributed by atoms with Crippen molar-refractivity contribution in [1.82, 2.24) is 15.1 Å². The van der Waals surface area contributed by atoms with Crippen molar-refractivity contribution in [2.24, 2.45) is 7.05 Å². The molecule has 0 bridgehead atoms. The number of hydrogen-bond acceptors (Lipinski definition) is 3. The summed E-state index contributed by atoms with van der Waals surface area (Å²) in [6, 6.07) is 2.68. The molecule has 21 heavy (non-hydrogen) atoms. The Balaban J connectivity index is 2.12. The highest BCUT2D eigenvalue weighted by Gasteiger charge is 2.16. The number of hydrogen-bond donors (Lipinski definition) is 1. The molecule has 0 aliphatic heterocycles. The minimum atomic E-state index is -1.07. The maximum atomic E-state index is 13.8. The lowest BCUT2D eigenvalue weighted by molar-refractivity contribution is 0.0950. The van der Waals surface area contributed by atoms with E-state index in [1.54, 1.807) is 20.2 Å². The lowest BCUT2D eigenvalue weighted by Gasteiger charge is -2.08.